The Morgan fingerprint density at radius 2 is 2.00 bits per heavy atom. The van der Waals surface area contributed by atoms with Crippen LogP contribution in [0.25, 0.3) is 22.2 Å². The predicted molar refractivity (Wildman–Crippen MR) is 85.4 cm³/mol. The highest BCUT2D eigenvalue weighted by molar-refractivity contribution is 5.95. The lowest BCUT2D eigenvalue weighted by atomic mass is 10.0. The van der Waals surface area contributed by atoms with Crippen molar-refractivity contribution in [3.63, 3.8) is 0 Å². The number of para-hydroxylation sites is 1. The highest BCUT2D eigenvalue weighted by Gasteiger charge is 2.15. The minimum atomic E-state index is -0.686. The molecule has 2 N–H and O–H groups in total. The van der Waals surface area contributed by atoms with Gasteiger partial charge in [0.25, 0.3) is 5.91 Å². The monoisotopic (exact) mass is 295 g/mol. The number of aromatic nitrogens is 2. The molecule has 0 aliphatic rings. The van der Waals surface area contributed by atoms with Crippen LogP contribution in [-0.2, 0) is 11.8 Å². The summed E-state index contributed by atoms with van der Waals surface area (Å²) in [5.74, 6) is 0.138. The number of carbonyl (C=O) groups is 1. The molecule has 0 fully saturated rings. The molecule has 3 aromatic rings. The van der Waals surface area contributed by atoms with E-state index in [4.69, 9.17) is 10.5 Å². The van der Waals surface area contributed by atoms with E-state index in [1.54, 1.807) is 13.1 Å². The molecule has 3 rings (SSSR count). The molecule has 0 aliphatic heterocycles. The summed E-state index contributed by atoms with van der Waals surface area (Å²) in [6, 6.07) is 11.6. The van der Waals surface area contributed by atoms with Crippen molar-refractivity contribution in [2.45, 2.75) is 13.0 Å². The van der Waals surface area contributed by atoms with Gasteiger partial charge in [-0.15, -0.1) is 0 Å². The average Bonchev–Trinajstić information content (AvgIpc) is 2.89. The molecule has 2 aromatic heterocycles. The number of pyridine rings is 1. The largest absolute Gasteiger partial charge is 0.480 e. The fourth-order valence-corrected chi connectivity index (χ4v) is 2.44. The number of hydrogen-bond donors (Lipinski definition) is 1. The molecule has 22 heavy (non-hydrogen) atoms. The van der Waals surface area contributed by atoms with Crippen molar-refractivity contribution in [2.24, 2.45) is 12.8 Å². The molecule has 0 bridgehead atoms. The van der Waals surface area contributed by atoms with Crippen LogP contribution >= 0.6 is 0 Å². The Balaban J connectivity index is 2.13. The molecule has 0 saturated carbocycles. The zero-order valence-electron chi connectivity index (χ0n) is 12.5. The Morgan fingerprint density at radius 3 is 2.77 bits per heavy atom. The van der Waals surface area contributed by atoms with E-state index >= 15 is 0 Å². The van der Waals surface area contributed by atoms with E-state index in [0.29, 0.717) is 5.75 Å². The zero-order chi connectivity index (χ0) is 15.7. The van der Waals surface area contributed by atoms with Gasteiger partial charge in [0.1, 0.15) is 11.4 Å². The summed E-state index contributed by atoms with van der Waals surface area (Å²) in [5.41, 5.74) is 8.11. The molecule has 0 unspecified atom stereocenters. The van der Waals surface area contributed by atoms with E-state index in [9.17, 15) is 4.79 Å². The fourth-order valence-electron chi connectivity index (χ4n) is 2.44. The maximum absolute atomic E-state index is 11.3. The van der Waals surface area contributed by atoms with Crippen molar-refractivity contribution in [3.8, 4) is 16.9 Å². The van der Waals surface area contributed by atoms with Gasteiger partial charge < -0.3 is 15.0 Å². The van der Waals surface area contributed by atoms with Gasteiger partial charge in [0, 0.05) is 30.4 Å². The van der Waals surface area contributed by atoms with E-state index in [1.807, 2.05) is 54.2 Å². The Hall–Kier alpha value is -2.82. The molecule has 0 radical (unpaired) electrons. The van der Waals surface area contributed by atoms with Crippen molar-refractivity contribution in [3.05, 3.63) is 48.8 Å². The third kappa shape index (κ3) is 2.41. The first-order chi connectivity index (χ1) is 10.6. The number of rotatable bonds is 4. The number of fused-ring (bicyclic) bond motifs is 1. The summed E-state index contributed by atoms with van der Waals surface area (Å²) in [4.78, 5) is 15.6. The lowest BCUT2D eigenvalue weighted by Crippen LogP contribution is -2.30. The molecule has 1 atom stereocenters. The van der Waals surface area contributed by atoms with Crippen LogP contribution in [0.5, 0.6) is 5.75 Å². The molecule has 112 valence electrons. The Morgan fingerprint density at radius 1 is 1.23 bits per heavy atom. The lowest BCUT2D eigenvalue weighted by molar-refractivity contribution is -0.123. The normalized spacial score (nSPS) is 12.3. The summed E-state index contributed by atoms with van der Waals surface area (Å²) in [7, 11) is 1.96. The second-order valence-corrected chi connectivity index (χ2v) is 5.18. The number of hydrogen-bond acceptors (Lipinski definition) is 3. The van der Waals surface area contributed by atoms with Gasteiger partial charge in [-0.25, -0.2) is 4.98 Å². The number of amides is 1. The third-order valence-electron chi connectivity index (χ3n) is 3.65. The minimum Gasteiger partial charge on any atom is -0.480 e. The highest BCUT2D eigenvalue weighted by Crippen LogP contribution is 2.34. The quantitative estimate of drug-likeness (QED) is 0.804. The molecular weight excluding hydrogens is 278 g/mol. The van der Waals surface area contributed by atoms with Crippen LogP contribution in [0.15, 0.2) is 48.8 Å². The molecule has 0 spiro atoms. The van der Waals surface area contributed by atoms with Gasteiger partial charge in [0.2, 0.25) is 0 Å². The van der Waals surface area contributed by atoms with Crippen LogP contribution < -0.4 is 10.5 Å². The van der Waals surface area contributed by atoms with E-state index in [0.717, 1.165) is 22.2 Å². The number of ether oxygens (including phenoxy) is 1. The van der Waals surface area contributed by atoms with Crippen LogP contribution in [0.3, 0.4) is 0 Å². The van der Waals surface area contributed by atoms with Crippen LogP contribution in [0.1, 0.15) is 6.92 Å². The molecule has 5 heteroatoms. The standard InChI is InChI=1S/C17H17N3O2/c1-11(16(18)21)22-15-6-4-3-5-13(15)12-7-9-19-17-14(12)8-10-20(17)2/h3-11H,1-2H3,(H2,18,21)/t11-/m0/s1. The summed E-state index contributed by atoms with van der Waals surface area (Å²) in [6.45, 7) is 1.64. The third-order valence-corrected chi connectivity index (χ3v) is 3.65. The first-order valence-corrected chi connectivity index (χ1v) is 7.03. The lowest BCUT2D eigenvalue weighted by Gasteiger charge is -2.15. The number of benzene rings is 1. The van der Waals surface area contributed by atoms with Crippen LogP contribution in [0.2, 0.25) is 0 Å². The summed E-state index contributed by atoms with van der Waals surface area (Å²) >= 11 is 0. The topological polar surface area (TPSA) is 70.1 Å². The van der Waals surface area contributed by atoms with Gasteiger partial charge in [-0.2, -0.15) is 0 Å². The summed E-state index contributed by atoms with van der Waals surface area (Å²) < 4.78 is 7.68. The first kappa shape index (κ1) is 14.1. The molecule has 1 amide bonds. The van der Waals surface area contributed by atoms with Crippen molar-refractivity contribution >= 4 is 16.9 Å². The molecule has 1 aromatic carbocycles. The smallest absolute Gasteiger partial charge is 0.258 e. The number of aryl methyl sites for hydroxylation is 1. The van der Waals surface area contributed by atoms with Crippen LogP contribution in [-0.4, -0.2) is 21.6 Å². The van der Waals surface area contributed by atoms with Gasteiger partial charge in [-0.05, 0) is 30.7 Å². The van der Waals surface area contributed by atoms with Gasteiger partial charge in [0.05, 0.1) is 0 Å². The second kappa shape index (κ2) is 5.52. The van der Waals surface area contributed by atoms with E-state index in [1.165, 1.54) is 0 Å². The van der Waals surface area contributed by atoms with Crippen molar-refractivity contribution < 1.29 is 9.53 Å². The molecule has 5 nitrogen and oxygen atoms in total. The van der Waals surface area contributed by atoms with Crippen LogP contribution in [0, 0.1) is 0 Å². The van der Waals surface area contributed by atoms with Crippen molar-refractivity contribution in [1.82, 2.24) is 9.55 Å². The van der Waals surface area contributed by atoms with Crippen molar-refractivity contribution in [1.29, 1.82) is 0 Å². The van der Waals surface area contributed by atoms with Crippen LogP contribution in [0.4, 0.5) is 0 Å². The molecule has 0 aliphatic carbocycles. The maximum Gasteiger partial charge on any atom is 0.258 e. The Bertz CT molecular complexity index is 839. The minimum absolute atomic E-state index is 0.491. The Kier molecular flexibility index (Phi) is 3.55. The van der Waals surface area contributed by atoms with Gasteiger partial charge in [-0.3, -0.25) is 4.79 Å². The van der Waals surface area contributed by atoms with Crippen molar-refractivity contribution in [2.75, 3.05) is 0 Å². The second-order valence-electron chi connectivity index (χ2n) is 5.18. The Labute approximate surface area is 128 Å². The van der Waals surface area contributed by atoms with E-state index < -0.39 is 12.0 Å². The molecule has 2 heterocycles. The number of nitrogens with two attached hydrogens (primary N) is 1. The molecule has 0 saturated heterocycles. The SMILES string of the molecule is C[C@H](Oc1ccccc1-c1ccnc2c1ccn2C)C(N)=O. The number of nitrogens with zero attached hydrogens (tertiary/aromatic N) is 2. The summed E-state index contributed by atoms with van der Waals surface area (Å²) in [6.07, 6.45) is 3.05. The number of primary amides is 1. The van der Waals surface area contributed by atoms with E-state index in [2.05, 4.69) is 4.98 Å². The van der Waals surface area contributed by atoms with Gasteiger partial charge in [-0.1, -0.05) is 18.2 Å². The fraction of sp³-hybridized carbons (Fsp3) is 0.176. The number of carbonyl (C=O) groups excluding carboxylic acids is 1. The maximum atomic E-state index is 11.3. The predicted octanol–water partition coefficient (Wildman–Crippen LogP) is 2.49. The first-order valence-electron chi connectivity index (χ1n) is 7.03. The molecular formula is C17H17N3O2. The zero-order valence-corrected chi connectivity index (χ0v) is 12.5. The summed E-state index contributed by atoms with van der Waals surface area (Å²) in [5, 5.41) is 1.03. The van der Waals surface area contributed by atoms with Gasteiger partial charge in [0.15, 0.2) is 6.10 Å². The van der Waals surface area contributed by atoms with E-state index in [-0.39, 0.29) is 0 Å². The van der Waals surface area contributed by atoms with Gasteiger partial charge >= 0.3 is 0 Å². The highest BCUT2D eigenvalue weighted by atomic mass is 16.5. The average molecular weight is 295 g/mol.